The van der Waals surface area contributed by atoms with Crippen molar-refractivity contribution in [1.29, 1.82) is 0 Å². The molecule has 2 nitrogen and oxygen atoms in total. The number of hydrogen-bond acceptors (Lipinski definition) is 4. The Balaban J connectivity index is 2.14. The molecule has 13 heavy (non-hydrogen) atoms. The summed E-state index contributed by atoms with van der Waals surface area (Å²) in [4.78, 5) is 6.01. The molecule has 0 amide bonds. The molecular weight excluding hydrogens is 200 g/mol. The van der Waals surface area contributed by atoms with E-state index in [2.05, 4.69) is 11.9 Å². The number of nitrogens with zero attached hydrogens (tertiary/aromatic N) is 1. The van der Waals surface area contributed by atoms with Gasteiger partial charge in [-0.2, -0.15) is 11.8 Å². The van der Waals surface area contributed by atoms with Gasteiger partial charge in [0.1, 0.15) is 0 Å². The van der Waals surface area contributed by atoms with Crippen molar-refractivity contribution in [2.75, 3.05) is 18.1 Å². The van der Waals surface area contributed by atoms with Crippen molar-refractivity contribution in [1.82, 2.24) is 4.98 Å². The molecule has 0 saturated carbocycles. The Hall–Kier alpha value is -0.0600. The first-order valence-corrected chi connectivity index (χ1v) is 6.52. The topological polar surface area (TPSA) is 38.9 Å². The van der Waals surface area contributed by atoms with Gasteiger partial charge in [0.15, 0.2) is 0 Å². The predicted octanol–water partition coefficient (Wildman–Crippen LogP) is 1.78. The molecule has 2 heterocycles. The van der Waals surface area contributed by atoms with Crippen LogP contribution in [0.5, 0.6) is 0 Å². The minimum atomic E-state index is 0.712. The molecular formula is C9H14N2S2. The lowest BCUT2D eigenvalue weighted by Gasteiger charge is -2.22. The Kier molecular flexibility index (Phi) is 2.91. The van der Waals surface area contributed by atoms with Crippen LogP contribution >= 0.6 is 23.1 Å². The van der Waals surface area contributed by atoms with E-state index in [1.54, 1.807) is 0 Å². The molecule has 1 saturated heterocycles. The van der Waals surface area contributed by atoms with Crippen LogP contribution in [0.4, 0.5) is 0 Å². The molecule has 72 valence electrons. The summed E-state index contributed by atoms with van der Waals surface area (Å²) in [6.45, 7) is 2.86. The van der Waals surface area contributed by atoms with Crippen molar-refractivity contribution in [3.63, 3.8) is 0 Å². The van der Waals surface area contributed by atoms with Crippen molar-refractivity contribution in [2.45, 2.75) is 19.3 Å². The number of thioether (sulfide) groups is 1. The third-order valence-electron chi connectivity index (χ3n) is 2.28. The maximum Gasteiger partial charge on any atom is 0.0978 e. The SMILES string of the molecule is Cc1sc(C2CSC2)nc1CCN. The van der Waals surface area contributed by atoms with E-state index in [0.717, 1.165) is 12.3 Å². The lowest BCUT2D eigenvalue weighted by Crippen LogP contribution is -2.15. The van der Waals surface area contributed by atoms with Crippen LogP contribution in [0.15, 0.2) is 0 Å². The first-order valence-electron chi connectivity index (χ1n) is 4.55. The quantitative estimate of drug-likeness (QED) is 0.833. The molecule has 0 bridgehead atoms. The van der Waals surface area contributed by atoms with Crippen molar-refractivity contribution >= 4 is 23.1 Å². The fourth-order valence-electron chi connectivity index (χ4n) is 1.37. The summed E-state index contributed by atoms with van der Waals surface area (Å²) in [7, 11) is 0. The summed E-state index contributed by atoms with van der Waals surface area (Å²) in [6, 6.07) is 0. The van der Waals surface area contributed by atoms with Crippen molar-refractivity contribution in [3.8, 4) is 0 Å². The van der Waals surface area contributed by atoms with Crippen molar-refractivity contribution < 1.29 is 0 Å². The standard InChI is InChI=1S/C9H14N2S2/c1-6-8(2-3-10)11-9(13-6)7-4-12-5-7/h7H,2-5,10H2,1H3. The number of rotatable bonds is 3. The van der Waals surface area contributed by atoms with Gasteiger partial charge >= 0.3 is 0 Å². The molecule has 2 N–H and O–H groups in total. The Morgan fingerprint density at radius 1 is 1.54 bits per heavy atom. The Morgan fingerprint density at radius 3 is 2.85 bits per heavy atom. The Morgan fingerprint density at radius 2 is 2.31 bits per heavy atom. The van der Waals surface area contributed by atoms with Crippen LogP contribution in [-0.4, -0.2) is 23.0 Å². The van der Waals surface area contributed by atoms with Crippen LogP contribution in [-0.2, 0) is 6.42 Å². The molecule has 0 aromatic carbocycles. The molecule has 1 fully saturated rings. The fraction of sp³-hybridized carbons (Fsp3) is 0.667. The smallest absolute Gasteiger partial charge is 0.0978 e. The second-order valence-corrected chi connectivity index (χ2v) is 5.64. The average molecular weight is 214 g/mol. The van der Waals surface area contributed by atoms with Crippen LogP contribution in [0.25, 0.3) is 0 Å². The van der Waals surface area contributed by atoms with Gasteiger partial charge in [-0.3, -0.25) is 0 Å². The predicted molar refractivity (Wildman–Crippen MR) is 59.7 cm³/mol. The third kappa shape index (κ3) is 1.90. The minimum absolute atomic E-state index is 0.712. The summed E-state index contributed by atoms with van der Waals surface area (Å²) >= 11 is 3.87. The normalized spacial score (nSPS) is 17.4. The minimum Gasteiger partial charge on any atom is -0.330 e. The van der Waals surface area contributed by atoms with E-state index < -0.39 is 0 Å². The summed E-state index contributed by atoms with van der Waals surface area (Å²) in [5.41, 5.74) is 6.74. The lowest BCUT2D eigenvalue weighted by atomic mass is 10.2. The van der Waals surface area contributed by atoms with Gasteiger partial charge in [-0.05, 0) is 13.5 Å². The van der Waals surface area contributed by atoms with Gasteiger partial charge in [0.25, 0.3) is 0 Å². The van der Waals surface area contributed by atoms with Gasteiger partial charge in [-0.15, -0.1) is 11.3 Å². The second kappa shape index (κ2) is 3.98. The van der Waals surface area contributed by atoms with Gasteiger partial charge in [0.05, 0.1) is 10.7 Å². The van der Waals surface area contributed by atoms with E-state index >= 15 is 0 Å². The molecule has 4 heteroatoms. The first kappa shape index (κ1) is 9.49. The number of nitrogens with two attached hydrogens (primary N) is 1. The molecule has 0 aliphatic carbocycles. The highest BCUT2D eigenvalue weighted by molar-refractivity contribution is 8.00. The van der Waals surface area contributed by atoms with E-state index in [-0.39, 0.29) is 0 Å². The highest BCUT2D eigenvalue weighted by Gasteiger charge is 2.24. The van der Waals surface area contributed by atoms with Gasteiger partial charge in [-0.25, -0.2) is 4.98 Å². The maximum absolute atomic E-state index is 5.52. The zero-order chi connectivity index (χ0) is 9.26. The lowest BCUT2D eigenvalue weighted by molar-refractivity contribution is 0.818. The van der Waals surface area contributed by atoms with Gasteiger partial charge < -0.3 is 5.73 Å². The van der Waals surface area contributed by atoms with E-state index in [1.165, 1.54) is 27.1 Å². The van der Waals surface area contributed by atoms with E-state index in [1.807, 2.05) is 23.1 Å². The summed E-state index contributed by atoms with van der Waals surface area (Å²) in [5, 5.41) is 1.33. The van der Waals surface area contributed by atoms with E-state index in [0.29, 0.717) is 6.54 Å². The number of hydrogen-bond donors (Lipinski definition) is 1. The summed E-state index contributed by atoms with van der Waals surface area (Å²) in [5.74, 6) is 3.25. The summed E-state index contributed by atoms with van der Waals surface area (Å²) < 4.78 is 0. The van der Waals surface area contributed by atoms with Crippen LogP contribution in [0.1, 0.15) is 21.5 Å². The van der Waals surface area contributed by atoms with Crippen molar-refractivity contribution in [2.24, 2.45) is 5.73 Å². The molecule has 2 rings (SSSR count). The molecule has 0 spiro atoms. The number of aromatic nitrogens is 1. The number of thiazole rings is 1. The van der Waals surface area contributed by atoms with Crippen LogP contribution in [0.3, 0.4) is 0 Å². The third-order valence-corrected chi connectivity index (χ3v) is 4.73. The summed E-state index contributed by atoms with van der Waals surface area (Å²) in [6.07, 6.45) is 0.933. The highest BCUT2D eigenvalue weighted by atomic mass is 32.2. The average Bonchev–Trinajstić information content (AvgIpc) is 2.30. The van der Waals surface area contributed by atoms with Gasteiger partial charge in [0, 0.05) is 28.7 Å². The second-order valence-electron chi connectivity index (χ2n) is 3.33. The molecule has 1 aliphatic rings. The maximum atomic E-state index is 5.52. The van der Waals surface area contributed by atoms with Gasteiger partial charge in [0.2, 0.25) is 0 Å². The molecule has 1 aromatic heterocycles. The molecule has 1 aromatic rings. The largest absolute Gasteiger partial charge is 0.330 e. The highest BCUT2D eigenvalue weighted by Crippen LogP contribution is 2.36. The monoisotopic (exact) mass is 214 g/mol. The first-order chi connectivity index (χ1) is 6.31. The zero-order valence-corrected chi connectivity index (χ0v) is 9.38. The Bertz CT molecular complexity index is 292. The van der Waals surface area contributed by atoms with Crippen LogP contribution in [0.2, 0.25) is 0 Å². The molecule has 1 aliphatic heterocycles. The Labute approximate surface area is 86.9 Å². The van der Waals surface area contributed by atoms with Crippen LogP contribution < -0.4 is 5.73 Å². The van der Waals surface area contributed by atoms with Gasteiger partial charge in [-0.1, -0.05) is 0 Å². The molecule has 0 unspecified atom stereocenters. The molecule has 0 atom stereocenters. The zero-order valence-electron chi connectivity index (χ0n) is 7.75. The van der Waals surface area contributed by atoms with Crippen LogP contribution in [0, 0.1) is 6.92 Å². The molecule has 0 radical (unpaired) electrons. The van der Waals surface area contributed by atoms with E-state index in [4.69, 9.17) is 5.73 Å². The van der Waals surface area contributed by atoms with Crippen molar-refractivity contribution in [3.05, 3.63) is 15.6 Å². The number of aryl methyl sites for hydroxylation is 1. The fourth-order valence-corrected chi connectivity index (χ4v) is 3.44. The van der Waals surface area contributed by atoms with E-state index in [9.17, 15) is 0 Å².